The monoisotopic (exact) mass is 419 g/mol. The van der Waals surface area contributed by atoms with Crippen molar-refractivity contribution in [1.82, 2.24) is 20.1 Å². The topological polar surface area (TPSA) is 76.7 Å². The Kier molecular flexibility index (Phi) is 5.77. The molecule has 1 atom stereocenters. The predicted octanol–water partition coefficient (Wildman–Crippen LogP) is 5.21. The van der Waals surface area contributed by atoms with Crippen LogP contribution in [-0.2, 0) is 6.42 Å². The molecule has 7 heteroatoms. The van der Waals surface area contributed by atoms with Crippen molar-refractivity contribution in [2.75, 3.05) is 12.4 Å². The van der Waals surface area contributed by atoms with Gasteiger partial charge in [-0.05, 0) is 60.7 Å². The van der Waals surface area contributed by atoms with Crippen LogP contribution in [0.1, 0.15) is 34.1 Å². The Hall–Kier alpha value is -3.25. The van der Waals surface area contributed by atoms with Crippen molar-refractivity contribution in [3.63, 3.8) is 0 Å². The molecule has 1 unspecified atom stereocenters. The van der Waals surface area contributed by atoms with Crippen LogP contribution in [0.3, 0.4) is 0 Å². The first-order valence-electron chi connectivity index (χ1n) is 9.68. The number of aromatic nitrogens is 4. The van der Waals surface area contributed by atoms with Gasteiger partial charge in [-0.25, -0.2) is 4.98 Å². The average molecular weight is 420 g/mol. The maximum absolute atomic E-state index is 6.22. The van der Waals surface area contributed by atoms with E-state index in [9.17, 15) is 0 Å². The molecule has 0 amide bonds. The lowest BCUT2D eigenvalue weighted by atomic mass is 9.91. The summed E-state index contributed by atoms with van der Waals surface area (Å²) in [6.45, 7) is 4.22. The molecule has 0 aliphatic heterocycles. The molecule has 0 radical (unpaired) electrons. The van der Waals surface area contributed by atoms with Gasteiger partial charge < -0.3 is 9.84 Å². The highest BCUT2D eigenvalue weighted by atomic mass is 35.5. The zero-order chi connectivity index (χ0) is 21.1. The Bertz CT molecular complexity index is 1170. The van der Waals surface area contributed by atoms with Gasteiger partial charge in [-0.3, -0.25) is 4.98 Å². The number of hydrogen-bond acceptors (Lipinski definition) is 6. The Labute approximate surface area is 180 Å². The van der Waals surface area contributed by atoms with Crippen LogP contribution >= 0.6 is 11.6 Å². The Morgan fingerprint density at radius 2 is 1.97 bits per heavy atom. The molecule has 0 bridgehead atoms. The third-order valence-corrected chi connectivity index (χ3v) is 5.37. The Morgan fingerprint density at radius 1 is 1.10 bits per heavy atom. The van der Waals surface area contributed by atoms with Gasteiger partial charge in [0, 0.05) is 25.6 Å². The third-order valence-electron chi connectivity index (χ3n) is 5.16. The van der Waals surface area contributed by atoms with Crippen LogP contribution in [0.2, 0.25) is 5.02 Å². The van der Waals surface area contributed by atoms with E-state index in [1.807, 2.05) is 25.2 Å². The smallest absolute Gasteiger partial charge is 0.234 e. The molecule has 1 N–H and O–H groups in total. The van der Waals surface area contributed by atoms with Crippen LogP contribution in [0.25, 0.3) is 11.4 Å². The van der Waals surface area contributed by atoms with Crippen molar-refractivity contribution in [2.24, 2.45) is 0 Å². The van der Waals surface area contributed by atoms with E-state index in [4.69, 9.17) is 21.1 Å². The lowest BCUT2D eigenvalue weighted by Crippen LogP contribution is -2.07. The fourth-order valence-electron chi connectivity index (χ4n) is 3.40. The molecule has 0 saturated heterocycles. The quantitative estimate of drug-likeness (QED) is 0.462. The van der Waals surface area contributed by atoms with Gasteiger partial charge in [-0.1, -0.05) is 35.0 Å². The van der Waals surface area contributed by atoms with Gasteiger partial charge >= 0.3 is 0 Å². The molecular formula is C23H22ClN5O. The number of nitrogens with one attached hydrogen (secondary N) is 1. The van der Waals surface area contributed by atoms with Gasteiger partial charge in [0.25, 0.3) is 0 Å². The summed E-state index contributed by atoms with van der Waals surface area (Å²) in [5, 5.41) is 7.85. The van der Waals surface area contributed by atoms with Crippen molar-refractivity contribution in [3.8, 4) is 11.4 Å². The van der Waals surface area contributed by atoms with Crippen molar-refractivity contribution >= 4 is 17.4 Å². The minimum atomic E-state index is -0.172. The first-order valence-corrected chi connectivity index (χ1v) is 10.1. The van der Waals surface area contributed by atoms with E-state index in [1.165, 1.54) is 16.7 Å². The van der Waals surface area contributed by atoms with Gasteiger partial charge in [0.05, 0.1) is 16.5 Å². The first kappa shape index (κ1) is 20.0. The molecule has 0 aliphatic carbocycles. The molecule has 4 aromatic rings. The number of nitrogens with zero attached hydrogens (tertiary/aromatic N) is 4. The number of anilines is 1. The van der Waals surface area contributed by atoms with E-state index in [-0.39, 0.29) is 5.92 Å². The highest BCUT2D eigenvalue weighted by molar-refractivity contribution is 6.30. The fraction of sp³-hybridized carbons (Fsp3) is 0.217. The molecule has 152 valence electrons. The van der Waals surface area contributed by atoms with Crippen molar-refractivity contribution in [2.45, 2.75) is 26.2 Å². The van der Waals surface area contributed by atoms with Crippen LogP contribution in [0.4, 0.5) is 5.82 Å². The maximum atomic E-state index is 6.22. The molecule has 6 nitrogen and oxygen atoms in total. The van der Waals surface area contributed by atoms with E-state index >= 15 is 0 Å². The van der Waals surface area contributed by atoms with Crippen molar-refractivity contribution in [3.05, 3.63) is 88.2 Å². The van der Waals surface area contributed by atoms with E-state index in [0.29, 0.717) is 29.0 Å². The Balaban J connectivity index is 1.74. The van der Waals surface area contributed by atoms with Gasteiger partial charge in [0.2, 0.25) is 11.7 Å². The molecule has 0 saturated carbocycles. The van der Waals surface area contributed by atoms with Gasteiger partial charge in [0.1, 0.15) is 5.82 Å². The summed E-state index contributed by atoms with van der Waals surface area (Å²) in [6, 6.07) is 12.1. The number of benzene rings is 1. The Morgan fingerprint density at radius 3 is 2.73 bits per heavy atom. The standard InChI is InChI=1S/C23H22ClN5O/c1-14-6-7-16(9-15(14)2)10-20(17-11-18(24)13-26-12-17)23-28-22(29-30-23)19-5-4-8-27-21(19)25-3/h4-9,11-13,20H,10H2,1-3H3,(H,25,27). The largest absolute Gasteiger partial charge is 0.373 e. The second-order valence-corrected chi connectivity index (χ2v) is 7.65. The molecule has 3 heterocycles. The maximum Gasteiger partial charge on any atom is 0.234 e. The minimum absolute atomic E-state index is 0.172. The van der Waals surface area contributed by atoms with E-state index in [2.05, 4.69) is 52.5 Å². The minimum Gasteiger partial charge on any atom is -0.373 e. The lowest BCUT2D eigenvalue weighted by molar-refractivity contribution is 0.365. The van der Waals surface area contributed by atoms with Crippen LogP contribution in [0, 0.1) is 13.8 Å². The molecular weight excluding hydrogens is 398 g/mol. The van der Waals surface area contributed by atoms with E-state index < -0.39 is 0 Å². The van der Waals surface area contributed by atoms with Gasteiger partial charge in [-0.15, -0.1) is 0 Å². The molecule has 0 spiro atoms. The summed E-state index contributed by atoms with van der Waals surface area (Å²) in [5.74, 6) is 1.52. The first-order chi connectivity index (χ1) is 14.5. The number of aryl methyl sites for hydroxylation is 2. The van der Waals surface area contributed by atoms with Gasteiger partial charge in [0.15, 0.2) is 0 Å². The predicted molar refractivity (Wildman–Crippen MR) is 118 cm³/mol. The average Bonchev–Trinajstić information content (AvgIpc) is 3.24. The number of hydrogen-bond donors (Lipinski definition) is 1. The van der Waals surface area contributed by atoms with Crippen LogP contribution in [-0.4, -0.2) is 27.2 Å². The molecule has 3 aromatic heterocycles. The fourth-order valence-corrected chi connectivity index (χ4v) is 3.59. The zero-order valence-electron chi connectivity index (χ0n) is 17.1. The number of rotatable bonds is 6. The second kappa shape index (κ2) is 8.63. The van der Waals surface area contributed by atoms with Crippen molar-refractivity contribution in [1.29, 1.82) is 0 Å². The SMILES string of the molecule is CNc1ncccc1-c1noc(C(Cc2ccc(C)c(C)c2)c2cncc(Cl)c2)n1. The van der Waals surface area contributed by atoms with Gasteiger partial charge in [-0.2, -0.15) is 4.98 Å². The number of pyridine rings is 2. The summed E-state index contributed by atoms with van der Waals surface area (Å²) in [7, 11) is 1.81. The lowest BCUT2D eigenvalue weighted by Gasteiger charge is -2.14. The normalized spacial score (nSPS) is 12.0. The van der Waals surface area contributed by atoms with Crippen LogP contribution in [0.5, 0.6) is 0 Å². The highest BCUT2D eigenvalue weighted by Gasteiger charge is 2.24. The highest BCUT2D eigenvalue weighted by Crippen LogP contribution is 2.31. The molecule has 0 aliphatic rings. The molecule has 30 heavy (non-hydrogen) atoms. The zero-order valence-corrected chi connectivity index (χ0v) is 17.8. The summed E-state index contributed by atoms with van der Waals surface area (Å²) in [5.41, 5.74) is 5.40. The van der Waals surface area contributed by atoms with Crippen LogP contribution in [0.15, 0.2) is 59.5 Å². The summed E-state index contributed by atoms with van der Waals surface area (Å²) in [6.07, 6.45) is 5.82. The summed E-state index contributed by atoms with van der Waals surface area (Å²) < 4.78 is 5.71. The van der Waals surface area contributed by atoms with Crippen LogP contribution < -0.4 is 5.32 Å². The third kappa shape index (κ3) is 4.19. The molecule has 1 aromatic carbocycles. The number of halogens is 1. The van der Waals surface area contributed by atoms with E-state index in [0.717, 1.165) is 11.1 Å². The molecule has 4 rings (SSSR count). The van der Waals surface area contributed by atoms with E-state index in [1.54, 1.807) is 18.6 Å². The summed E-state index contributed by atoms with van der Waals surface area (Å²) in [4.78, 5) is 13.3. The summed E-state index contributed by atoms with van der Waals surface area (Å²) >= 11 is 6.22. The second-order valence-electron chi connectivity index (χ2n) is 7.22. The molecule has 0 fully saturated rings. The van der Waals surface area contributed by atoms with Crippen molar-refractivity contribution < 1.29 is 4.52 Å².